The molecule has 152 valence electrons. The summed E-state index contributed by atoms with van der Waals surface area (Å²) in [6, 6.07) is 9.77. The molecule has 0 bridgehead atoms. The van der Waals surface area contributed by atoms with Gasteiger partial charge in [0, 0.05) is 12.6 Å². The minimum atomic E-state index is -2.42. The van der Waals surface area contributed by atoms with Crippen LogP contribution in [-0.4, -0.2) is 51.8 Å². The Morgan fingerprint density at radius 1 is 1.25 bits per heavy atom. The van der Waals surface area contributed by atoms with Crippen LogP contribution in [0.2, 0.25) is 0 Å². The summed E-state index contributed by atoms with van der Waals surface area (Å²) in [6.45, 7) is 5.38. The van der Waals surface area contributed by atoms with Crippen molar-refractivity contribution < 1.29 is 8.78 Å². The third-order valence-electron chi connectivity index (χ3n) is 6.35. The second kappa shape index (κ2) is 8.55. The number of piperidine rings is 1. The van der Waals surface area contributed by atoms with Crippen LogP contribution in [0.3, 0.4) is 0 Å². The van der Waals surface area contributed by atoms with Crippen LogP contribution in [0.4, 0.5) is 14.7 Å². The van der Waals surface area contributed by atoms with Gasteiger partial charge in [-0.05, 0) is 56.2 Å². The molecule has 1 N–H and O–H groups in total. The van der Waals surface area contributed by atoms with Crippen LogP contribution < -0.4 is 5.32 Å². The summed E-state index contributed by atoms with van der Waals surface area (Å²) in [5, 5.41) is 7.36. The molecule has 0 amide bonds. The molecular weight excluding hydrogens is 360 g/mol. The zero-order valence-corrected chi connectivity index (χ0v) is 16.3. The molecule has 1 saturated heterocycles. The highest BCUT2D eigenvalue weighted by atomic mass is 19.3. The van der Waals surface area contributed by atoms with E-state index in [1.54, 1.807) is 0 Å². The fourth-order valence-electron chi connectivity index (χ4n) is 4.65. The van der Waals surface area contributed by atoms with Crippen molar-refractivity contribution in [3.8, 4) is 0 Å². The second-order valence-electron chi connectivity index (χ2n) is 8.22. The Kier molecular flexibility index (Phi) is 5.90. The summed E-state index contributed by atoms with van der Waals surface area (Å²) < 4.78 is 28.4. The molecule has 4 rings (SSSR count). The zero-order valence-electron chi connectivity index (χ0n) is 16.3. The van der Waals surface area contributed by atoms with Crippen molar-refractivity contribution in [1.82, 2.24) is 19.7 Å². The smallest absolute Gasteiger partial charge is 0.260 e. The highest BCUT2D eigenvalue weighted by Crippen LogP contribution is 2.35. The minimum Gasteiger partial charge on any atom is -0.351 e. The number of rotatable bonds is 6. The highest BCUT2D eigenvalue weighted by molar-refractivity contribution is 5.29. The molecule has 2 aliphatic rings. The van der Waals surface area contributed by atoms with Gasteiger partial charge in [-0.25, -0.2) is 13.5 Å². The lowest BCUT2D eigenvalue weighted by molar-refractivity contribution is 0.0554. The van der Waals surface area contributed by atoms with Gasteiger partial charge in [0.2, 0.25) is 5.95 Å². The van der Waals surface area contributed by atoms with E-state index in [4.69, 9.17) is 0 Å². The molecule has 28 heavy (non-hydrogen) atoms. The van der Waals surface area contributed by atoms with Gasteiger partial charge in [0.15, 0.2) is 0 Å². The Morgan fingerprint density at radius 3 is 2.86 bits per heavy atom. The fourth-order valence-corrected chi connectivity index (χ4v) is 4.65. The van der Waals surface area contributed by atoms with E-state index in [-0.39, 0.29) is 6.04 Å². The summed E-state index contributed by atoms with van der Waals surface area (Å²) >= 11 is 0. The Bertz CT molecular complexity index is 750. The van der Waals surface area contributed by atoms with Gasteiger partial charge < -0.3 is 10.2 Å². The van der Waals surface area contributed by atoms with Crippen molar-refractivity contribution in [1.29, 1.82) is 0 Å². The van der Waals surface area contributed by atoms with E-state index >= 15 is 0 Å². The zero-order chi connectivity index (χ0) is 19.5. The lowest BCUT2D eigenvalue weighted by Crippen LogP contribution is -2.47. The van der Waals surface area contributed by atoms with Gasteiger partial charge in [0.1, 0.15) is 12.4 Å². The molecule has 0 aliphatic carbocycles. The Labute approximate surface area is 165 Å². The molecule has 5 nitrogen and oxygen atoms in total. The van der Waals surface area contributed by atoms with Crippen LogP contribution in [0.5, 0.6) is 0 Å². The number of halogens is 2. The number of hydrogen-bond donors (Lipinski definition) is 1. The predicted octanol–water partition coefficient (Wildman–Crippen LogP) is 4.17. The monoisotopic (exact) mass is 389 g/mol. The molecule has 4 atom stereocenters. The Hall–Kier alpha value is -2.02. The average Bonchev–Trinajstić information content (AvgIpc) is 3.20. The molecule has 0 saturated carbocycles. The molecule has 1 fully saturated rings. The number of nitrogens with one attached hydrogen (secondary N) is 1. The van der Waals surface area contributed by atoms with Crippen molar-refractivity contribution in [3.63, 3.8) is 0 Å². The maximum Gasteiger partial charge on any atom is 0.260 e. The summed E-state index contributed by atoms with van der Waals surface area (Å²) in [5.74, 6) is 1.38. The number of anilines is 1. The van der Waals surface area contributed by atoms with E-state index in [1.165, 1.54) is 16.6 Å². The van der Waals surface area contributed by atoms with E-state index in [0.29, 0.717) is 24.2 Å². The van der Waals surface area contributed by atoms with E-state index in [9.17, 15) is 8.78 Å². The van der Waals surface area contributed by atoms with E-state index in [0.717, 1.165) is 38.9 Å². The molecule has 0 radical (unpaired) electrons. The first-order valence-electron chi connectivity index (χ1n) is 10.3. The molecule has 2 unspecified atom stereocenters. The van der Waals surface area contributed by atoms with Gasteiger partial charge in [-0.2, -0.15) is 10.1 Å². The van der Waals surface area contributed by atoms with Crippen LogP contribution in [0.15, 0.2) is 36.7 Å². The molecule has 0 spiro atoms. The third kappa shape index (κ3) is 4.19. The number of fused-ring (bicyclic) bond motifs is 1. The summed E-state index contributed by atoms with van der Waals surface area (Å²) in [7, 11) is 0. The quantitative estimate of drug-likeness (QED) is 0.805. The predicted molar refractivity (Wildman–Crippen MR) is 106 cm³/mol. The van der Waals surface area contributed by atoms with E-state index < -0.39 is 12.5 Å². The van der Waals surface area contributed by atoms with Crippen molar-refractivity contribution in [2.75, 3.05) is 25.0 Å². The number of alkyl halides is 2. The SMILES string of the molecule is CC(CCN1CCCC([C@@H]2C[C@H](C(F)F)n3ncnc3N2)C1)c1ccccc1. The minimum absolute atomic E-state index is 0.0325. The molecule has 2 aromatic rings. The first-order chi connectivity index (χ1) is 13.6. The van der Waals surface area contributed by atoms with E-state index in [2.05, 4.69) is 57.6 Å². The summed E-state index contributed by atoms with van der Waals surface area (Å²) in [6.07, 6.45) is 2.66. The number of benzene rings is 1. The first-order valence-corrected chi connectivity index (χ1v) is 10.3. The van der Waals surface area contributed by atoms with Gasteiger partial charge in [-0.3, -0.25) is 0 Å². The summed E-state index contributed by atoms with van der Waals surface area (Å²) in [5.41, 5.74) is 1.38. The molecule has 1 aromatic carbocycles. The van der Waals surface area contributed by atoms with Gasteiger partial charge >= 0.3 is 0 Å². The van der Waals surface area contributed by atoms with Gasteiger partial charge in [0.25, 0.3) is 6.43 Å². The van der Waals surface area contributed by atoms with Gasteiger partial charge in [0.05, 0.1) is 0 Å². The topological polar surface area (TPSA) is 46.0 Å². The van der Waals surface area contributed by atoms with Crippen molar-refractivity contribution in [3.05, 3.63) is 42.2 Å². The van der Waals surface area contributed by atoms with Crippen molar-refractivity contribution >= 4 is 5.95 Å². The summed E-state index contributed by atoms with van der Waals surface area (Å²) in [4.78, 5) is 6.65. The largest absolute Gasteiger partial charge is 0.351 e. The third-order valence-corrected chi connectivity index (χ3v) is 6.35. The Balaban J connectivity index is 1.35. The lowest BCUT2D eigenvalue weighted by atomic mass is 9.86. The fraction of sp³-hybridized carbons (Fsp3) is 0.619. The van der Waals surface area contributed by atoms with Crippen LogP contribution in [0, 0.1) is 5.92 Å². The number of likely N-dealkylation sites (tertiary alicyclic amines) is 1. The van der Waals surface area contributed by atoms with Crippen molar-refractivity contribution in [2.24, 2.45) is 5.92 Å². The number of aromatic nitrogens is 3. The van der Waals surface area contributed by atoms with Crippen LogP contribution in [-0.2, 0) is 0 Å². The standard InChI is InChI=1S/C21H29F2N5/c1-15(16-6-3-2-4-7-16)9-11-27-10-5-8-17(13-27)18-12-19(20(22)23)28-21(26-18)24-14-25-28/h2-4,6-7,14-15,17-20H,5,8-13H2,1H3,(H,24,25,26)/t15?,17?,18-,19+/m0/s1. The van der Waals surface area contributed by atoms with Gasteiger partial charge in [-0.1, -0.05) is 37.3 Å². The highest BCUT2D eigenvalue weighted by Gasteiger charge is 2.38. The molecule has 7 heteroatoms. The van der Waals surface area contributed by atoms with E-state index in [1.807, 2.05) is 0 Å². The number of nitrogens with zero attached hydrogens (tertiary/aromatic N) is 4. The van der Waals surface area contributed by atoms with Crippen LogP contribution >= 0.6 is 0 Å². The van der Waals surface area contributed by atoms with Crippen LogP contribution in [0.1, 0.15) is 50.1 Å². The van der Waals surface area contributed by atoms with Gasteiger partial charge in [-0.15, -0.1) is 0 Å². The number of hydrogen-bond acceptors (Lipinski definition) is 4. The molecule has 2 aliphatic heterocycles. The normalized spacial score (nSPS) is 26.6. The molecule has 3 heterocycles. The van der Waals surface area contributed by atoms with Crippen molar-refractivity contribution in [2.45, 2.75) is 57.0 Å². The Morgan fingerprint density at radius 2 is 2.07 bits per heavy atom. The second-order valence-corrected chi connectivity index (χ2v) is 8.22. The van der Waals surface area contributed by atoms with Crippen LogP contribution in [0.25, 0.3) is 0 Å². The first kappa shape index (κ1) is 19.3. The lowest BCUT2D eigenvalue weighted by Gasteiger charge is -2.40. The average molecular weight is 389 g/mol. The molecular formula is C21H29F2N5. The maximum atomic E-state index is 13.5. The maximum absolute atomic E-state index is 13.5. The molecule has 1 aromatic heterocycles.